The van der Waals surface area contributed by atoms with Crippen LogP contribution in [0.4, 0.5) is 0 Å². The lowest BCUT2D eigenvalue weighted by molar-refractivity contribution is 0.670. The molecule has 0 fully saturated rings. The first-order valence-electron chi connectivity index (χ1n) is 15.4. The summed E-state index contributed by atoms with van der Waals surface area (Å²) in [5, 5.41) is 6.98. The molecule has 0 spiro atoms. The molecule has 2 heterocycles. The highest BCUT2D eigenvalue weighted by molar-refractivity contribution is 6.16. The lowest BCUT2D eigenvalue weighted by atomic mass is 9.96. The standard InChI is InChI=1S/C41H27N3O/c1-3-12-28(13-4-1)39-42-40(29-14-5-2-6-15-29)44-41(43-39)34-19-10-20-36-37(34)33-18-9-17-32(38(33)45-36)30-24-23-27-22-21-26-11-7-8-16-31(26)35(27)25-30/h1,3-5,7-25H,2,6H2. The van der Waals surface area contributed by atoms with Crippen molar-refractivity contribution in [3.05, 3.63) is 145 Å². The van der Waals surface area contributed by atoms with Gasteiger partial charge in [-0.2, -0.15) is 0 Å². The number of hydrogen-bond donors (Lipinski definition) is 0. The van der Waals surface area contributed by atoms with E-state index in [9.17, 15) is 0 Å². The molecule has 212 valence electrons. The third-order valence-electron chi connectivity index (χ3n) is 8.74. The van der Waals surface area contributed by atoms with Crippen LogP contribution >= 0.6 is 0 Å². The van der Waals surface area contributed by atoms with Gasteiger partial charge in [0.05, 0.1) is 0 Å². The summed E-state index contributed by atoms with van der Waals surface area (Å²) in [5.41, 5.74) is 6.75. The van der Waals surface area contributed by atoms with Crippen molar-refractivity contribution in [2.45, 2.75) is 12.8 Å². The first-order valence-corrected chi connectivity index (χ1v) is 15.4. The van der Waals surface area contributed by atoms with E-state index in [2.05, 4.69) is 97.1 Å². The molecule has 6 aromatic carbocycles. The van der Waals surface area contributed by atoms with Crippen molar-refractivity contribution in [3.8, 4) is 33.9 Å². The second kappa shape index (κ2) is 10.4. The smallest absolute Gasteiger partial charge is 0.164 e. The van der Waals surface area contributed by atoms with Crippen LogP contribution in [-0.2, 0) is 0 Å². The van der Waals surface area contributed by atoms with Crippen molar-refractivity contribution in [1.29, 1.82) is 0 Å². The number of aromatic nitrogens is 3. The Morgan fingerprint density at radius 2 is 1.24 bits per heavy atom. The minimum Gasteiger partial charge on any atom is -0.455 e. The zero-order valence-corrected chi connectivity index (χ0v) is 24.4. The van der Waals surface area contributed by atoms with E-state index in [1.807, 2.05) is 42.5 Å². The Bertz CT molecular complexity index is 2490. The summed E-state index contributed by atoms with van der Waals surface area (Å²) < 4.78 is 6.67. The van der Waals surface area contributed by atoms with Gasteiger partial charge in [0.25, 0.3) is 0 Å². The molecule has 0 radical (unpaired) electrons. The zero-order chi connectivity index (χ0) is 29.7. The summed E-state index contributed by atoms with van der Waals surface area (Å²) in [7, 11) is 0. The van der Waals surface area contributed by atoms with Crippen molar-refractivity contribution in [1.82, 2.24) is 15.0 Å². The van der Waals surface area contributed by atoms with E-state index >= 15 is 0 Å². The van der Waals surface area contributed by atoms with Gasteiger partial charge in [-0.1, -0.05) is 127 Å². The van der Waals surface area contributed by atoms with Gasteiger partial charge in [-0.25, -0.2) is 15.0 Å². The number of benzene rings is 6. The van der Waals surface area contributed by atoms with Crippen molar-refractivity contribution in [3.63, 3.8) is 0 Å². The maximum absolute atomic E-state index is 6.67. The van der Waals surface area contributed by atoms with Crippen molar-refractivity contribution < 1.29 is 4.42 Å². The van der Waals surface area contributed by atoms with Crippen LogP contribution in [0.5, 0.6) is 0 Å². The molecule has 0 saturated heterocycles. The summed E-state index contributed by atoms with van der Waals surface area (Å²) in [4.78, 5) is 15.0. The number of hydrogen-bond acceptors (Lipinski definition) is 4. The Kier molecular flexibility index (Phi) is 5.91. The third kappa shape index (κ3) is 4.34. The molecule has 0 bridgehead atoms. The van der Waals surface area contributed by atoms with E-state index < -0.39 is 0 Å². The topological polar surface area (TPSA) is 51.8 Å². The number of nitrogens with zero attached hydrogens (tertiary/aromatic N) is 3. The van der Waals surface area contributed by atoms with Crippen LogP contribution in [0.25, 0.3) is 83.0 Å². The maximum atomic E-state index is 6.67. The summed E-state index contributed by atoms with van der Waals surface area (Å²) in [5.74, 6) is 1.97. The lowest BCUT2D eigenvalue weighted by Gasteiger charge is -2.11. The molecular weight excluding hydrogens is 550 g/mol. The number of fused-ring (bicyclic) bond motifs is 6. The molecule has 1 aliphatic carbocycles. The monoisotopic (exact) mass is 577 g/mol. The molecule has 1 aliphatic rings. The molecule has 4 nitrogen and oxygen atoms in total. The average molecular weight is 578 g/mol. The number of para-hydroxylation sites is 1. The summed E-state index contributed by atoms with van der Waals surface area (Å²) >= 11 is 0. The van der Waals surface area contributed by atoms with Gasteiger partial charge in [0.2, 0.25) is 0 Å². The Labute approximate surface area is 260 Å². The Morgan fingerprint density at radius 1 is 0.511 bits per heavy atom. The van der Waals surface area contributed by atoms with Crippen molar-refractivity contribution >= 4 is 49.1 Å². The molecule has 0 amide bonds. The van der Waals surface area contributed by atoms with Crippen LogP contribution < -0.4 is 0 Å². The Morgan fingerprint density at radius 3 is 2.13 bits per heavy atom. The molecule has 0 aliphatic heterocycles. The highest BCUT2D eigenvalue weighted by Crippen LogP contribution is 2.41. The summed E-state index contributed by atoms with van der Waals surface area (Å²) in [6, 6.07) is 42.3. The van der Waals surface area contributed by atoms with E-state index in [0.717, 1.165) is 62.6 Å². The predicted molar refractivity (Wildman–Crippen MR) is 185 cm³/mol. The SMILES string of the molecule is C1=CC(c2nc(-c3ccccc3)nc(-c3cccc4oc5c(-c6ccc7ccc8ccccc8c7c6)cccc5c34)n2)=CCC1. The zero-order valence-electron chi connectivity index (χ0n) is 24.4. The van der Waals surface area contributed by atoms with Crippen LogP contribution in [0.1, 0.15) is 18.7 Å². The van der Waals surface area contributed by atoms with E-state index in [-0.39, 0.29) is 0 Å². The fourth-order valence-corrected chi connectivity index (χ4v) is 6.55. The third-order valence-corrected chi connectivity index (χ3v) is 8.74. The highest BCUT2D eigenvalue weighted by Gasteiger charge is 2.20. The van der Waals surface area contributed by atoms with E-state index in [1.165, 1.54) is 21.5 Å². The second-order valence-electron chi connectivity index (χ2n) is 11.5. The fourth-order valence-electron chi connectivity index (χ4n) is 6.55. The van der Waals surface area contributed by atoms with Crippen LogP contribution in [0.15, 0.2) is 144 Å². The van der Waals surface area contributed by atoms with Crippen molar-refractivity contribution in [2.24, 2.45) is 0 Å². The number of allylic oxidation sites excluding steroid dienone is 4. The van der Waals surface area contributed by atoms with Crippen LogP contribution in [-0.4, -0.2) is 15.0 Å². The largest absolute Gasteiger partial charge is 0.455 e. The molecule has 4 heteroatoms. The van der Waals surface area contributed by atoms with Crippen molar-refractivity contribution in [2.75, 3.05) is 0 Å². The average Bonchev–Trinajstić information content (AvgIpc) is 3.51. The van der Waals surface area contributed by atoms with Crippen LogP contribution in [0, 0.1) is 0 Å². The Hall–Kier alpha value is -5.87. The van der Waals surface area contributed by atoms with Gasteiger partial charge < -0.3 is 4.42 Å². The van der Waals surface area contributed by atoms with Crippen LogP contribution in [0.3, 0.4) is 0 Å². The van der Waals surface area contributed by atoms with Gasteiger partial charge in [0.1, 0.15) is 11.2 Å². The normalized spacial score (nSPS) is 13.2. The van der Waals surface area contributed by atoms with E-state index in [0.29, 0.717) is 17.5 Å². The quantitative estimate of drug-likeness (QED) is 0.195. The molecule has 9 rings (SSSR count). The first kappa shape index (κ1) is 25.6. The van der Waals surface area contributed by atoms with Crippen LogP contribution in [0.2, 0.25) is 0 Å². The van der Waals surface area contributed by atoms with E-state index in [1.54, 1.807) is 0 Å². The molecular formula is C41H27N3O. The Balaban J connectivity index is 1.26. The van der Waals surface area contributed by atoms with Gasteiger partial charge in [0.15, 0.2) is 17.5 Å². The number of rotatable bonds is 4. The molecule has 2 aromatic heterocycles. The van der Waals surface area contributed by atoms with Gasteiger partial charge >= 0.3 is 0 Å². The maximum Gasteiger partial charge on any atom is 0.164 e. The molecule has 0 saturated carbocycles. The molecule has 0 atom stereocenters. The second-order valence-corrected chi connectivity index (χ2v) is 11.5. The van der Waals surface area contributed by atoms with Gasteiger partial charge in [-0.15, -0.1) is 0 Å². The van der Waals surface area contributed by atoms with Gasteiger partial charge in [-0.3, -0.25) is 0 Å². The minimum atomic E-state index is 0.634. The fraction of sp³-hybridized carbons (Fsp3) is 0.0488. The van der Waals surface area contributed by atoms with Gasteiger partial charge in [-0.05, 0) is 52.1 Å². The molecule has 0 N–H and O–H groups in total. The highest BCUT2D eigenvalue weighted by atomic mass is 16.3. The number of furan rings is 1. The van der Waals surface area contributed by atoms with Gasteiger partial charge in [0, 0.05) is 33.0 Å². The minimum absolute atomic E-state index is 0.634. The predicted octanol–water partition coefficient (Wildman–Crippen LogP) is 10.8. The first-order chi connectivity index (χ1) is 22.3. The lowest BCUT2D eigenvalue weighted by Crippen LogP contribution is -2.03. The summed E-state index contributed by atoms with van der Waals surface area (Å²) in [6.45, 7) is 0. The molecule has 45 heavy (non-hydrogen) atoms. The molecule has 0 unspecified atom stereocenters. The van der Waals surface area contributed by atoms with E-state index in [4.69, 9.17) is 19.4 Å². The molecule has 8 aromatic rings. The summed E-state index contributed by atoms with van der Waals surface area (Å²) in [6.07, 6.45) is 8.51.